The molecule has 1 N–H and O–H groups in total. The quantitative estimate of drug-likeness (QED) is 0.868. The van der Waals surface area contributed by atoms with Gasteiger partial charge in [-0.1, -0.05) is 18.2 Å². The van der Waals surface area contributed by atoms with Crippen LogP contribution in [0.4, 0.5) is 4.39 Å². The Kier molecular flexibility index (Phi) is 5.29. The highest BCUT2D eigenvalue weighted by molar-refractivity contribution is 7.91. The van der Waals surface area contributed by atoms with Crippen molar-refractivity contribution in [2.24, 2.45) is 0 Å². The first kappa shape index (κ1) is 17.8. The number of sulfone groups is 1. The molecule has 6 nitrogen and oxygen atoms in total. The minimum Gasteiger partial charge on any atom is -0.326 e. The lowest BCUT2D eigenvalue weighted by Gasteiger charge is -2.31. The fraction of sp³-hybridized carbons (Fsp3) is 0.412. The molecule has 1 fully saturated rings. The Morgan fingerprint density at radius 1 is 1.24 bits per heavy atom. The summed E-state index contributed by atoms with van der Waals surface area (Å²) in [5.74, 6) is -0.762. The lowest BCUT2D eigenvalue weighted by molar-refractivity contribution is 0.218. The number of nitrogens with zero attached hydrogens (tertiary/aromatic N) is 2. The zero-order valence-electron chi connectivity index (χ0n) is 13.7. The molecule has 0 amide bonds. The van der Waals surface area contributed by atoms with Gasteiger partial charge in [-0.15, -0.1) is 0 Å². The van der Waals surface area contributed by atoms with Crippen molar-refractivity contribution in [2.75, 3.05) is 13.1 Å². The second-order valence-corrected chi connectivity index (χ2v) is 8.52. The van der Waals surface area contributed by atoms with Gasteiger partial charge in [0.25, 0.3) is 5.56 Å². The largest absolute Gasteiger partial charge is 0.326 e. The third-order valence-corrected chi connectivity index (χ3v) is 6.71. The lowest BCUT2D eigenvalue weighted by Crippen LogP contribution is -2.40. The van der Waals surface area contributed by atoms with Gasteiger partial charge in [-0.05, 0) is 32.0 Å². The van der Waals surface area contributed by atoms with Gasteiger partial charge in [-0.25, -0.2) is 12.8 Å². The smallest absolute Gasteiger partial charge is 0.270 e. The first-order chi connectivity index (χ1) is 12.0. The van der Waals surface area contributed by atoms with Gasteiger partial charge >= 0.3 is 0 Å². The molecule has 1 aromatic heterocycles. The molecular formula is C17H20FN3O3S. The van der Waals surface area contributed by atoms with E-state index < -0.39 is 20.9 Å². The number of nitrogens with one attached hydrogen (secondary N) is 1. The first-order valence-electron chi connectivity index (χ1n) is 8.15. The van der Waals surface area contributed by atoms with Crippen LogP contribution in [0.2, 0.25) is 0 Å². The van der Waals surface area contributed by atoms with Gasteiger partial charge in [-0.3, -0.25) is 14.7 Å². The van der Waals surface area contributed by atoms with E-state index in [1.165, 1.54) is 24.5 Å². The van der Waals surface area contributed by atoms with Crippen LogP contribution in [0, 0.1) is 5.82 Å². The van der Waals surface area contributed by atoms with Crippen molar-refractivity contribution >= 4 is 9.84 Å². The zero-order valence-corrected chi connectivity index (χ0v) is 14.5. The SMILES string of the molecule is O=c1[nH]ccnc1CN1CCC(S(=O)(=O)Cc2ccccc2F)CC1. The molecule has 0 atom stereocenters. The fourth-order valence-electron chi connectivity index (χ4n) is 3.08. The summed E-state index contributed by atoms with van der Waals surface area (Å²) in [7, 11) is -3.41. The molecule has 0 bridgehead atoms. The molecule has 134 valence electrons. The Labute approximate surface area is 145 Å². The predicted molar refractivity (Wildman–Crippen MR) is 92.2 cm³/mol. The maximum absolute atomic E-state index is 13.7. The standard InChI is InChI=1S/C17H20FN3O3S/c18-15-4-2-1-3-13(15)12-25(23,24)14-5-9-21(10-6-14)11-16-17(22)20-8-7-19-16/h1-4,7-8,14H,5-6,9-12H2,(H,20,22). The van der Waals surface area contributed by atoms with E-state index in [-0.39, 0.29) is 16.9 Å². The van der Waals surface area contributed by atoms with E-state index in [1.807, 2.05) is 4.90 Å². The van der Waals surface area contributed by atoms with Crippen LogP contribution in [0.5, 0.6) is 0 Å². The maximum Gasteiger partial charge on any atom is 0.270 e. The van der Waals surface area contributed by atoms with Crippen molar-refractivity contribution < 1.29 is 12.8 Å². The van der Waals surface area contributed by atoms with Crippen LogP contribution in [-0.4, -0.2) is 41.6 Å². The number of halogens is 1. The zero-order chi connectivity index (χ0) is 17.9. The van der Waals surface area contributed by atoms with Crippen molar-refractivity contribution in [3.8, 4) is 0 Å². The summed E-state index contributed by atoms with van der Waals surface area (Å²) in [5.41, 5.74) is 0.414. The second kappa shape index (κ2) is 7.45. The number of hydrogen-bond acceptors (Lipinski definition) is 5. The third-order valence-electron chi connectivity index (χ3n) is 4.51. The molecule has 0 spiro atoms. The van der Waals surface area contributed by atoms with E-state index in [0.717, 1.165) is 0 Å². The highest BCUT2D eigenvalue weighted by Crippen LogP contribution is 2.23. The molecule has 0 unspecified atom stereocenters. The average molecular weight is 365 g/mol. The number of H-pyrrole nitrogens is 1. The summed E-state index contributed by atoms with van der Waals surface area (Å²) in [5, 5.41) is -0.481. The Morgan fingerprint density at radius 3 is 2.64 bits per heavy atom. The van der Waals surface area contributed by atoms with Crippen LogP contribution in [-0.2, 0) is 22.1 Å². The van der Waals surface area contributed by atoms with E-state index in [1.54, 1.807) is 12.1 Å². The van der Waals surface area contributed by atoms with Crippen molar-refractivity contribution in [1.82, 2.24) is 14.9 Å². The Morgan fingerprint density at radius 2 is 1.96 bits per heavy atom. The predicted octanol–water partition coefficient (Wildman–Crippen LogP) is 1.49. The van der Waals surface area contributed by atoms with E-state index in [2.05, 4.69) is 9.97 Å². The second-order valence-electron chi connectivity index (χ2n) is 6.24. The maximum atomic E-state index is 13.7. The van der Waals surface area contributed by atoms with Crippen LogP contribution in [0.3, 0.4) is 0 Å². The topological polar surface area (TPSA) is 83.1 Å². The highest BCUT2D eigenvalue weighted by atomic mass is 32.2. The van der Waals surface area contributed by atoms with Crippen molar-refractivity contribution in [3.63, 3.8) is 0 Å². The van der Waals surface area contributed by atoms with Gasteiger partial charge in [0.05, 0.1) is 11.0 Å². The number of benzene rings is 1. The first-order valence-corrected chi connectivity index (χ1v) is 9.87. The van der Waals surface area contributed by atoms with E-state index in [0.29, 0.717) is 38.2 Å². The van der Waals surface area contributed by atoms with Gasteiger partial charge in [0.2, 0.25) is 0 Å². The van der Waals surface area contributed by atoms with Crippen LogP contribution in [0.25, 0.3) is 0 Å². The monoisotopic (exact) mass is 365 g/mol. The molecule has 2 aromatic rings. The van der Waals surface area contributed by atoms with Gasteiger partial charge in [0.15, 0.2) is 9.84 Å². The van der Waals surface area contributed by atoms with Crippen LogP contribution in [0.15, 0.2) is 41.5 Å². The number of hydrogen-bond donors (Lipinski definition) is 1. The Balaban J connectivity index is 1.61. The molecule has 2 heterocycles. The highest BCUT2D eigenvalue weighted by Gasteiger charge is 2.30. The summed E-state index contributed by atoms with van der Waals surface area (Å²) >= 11 is 0. The molecule has 1 aliphatic rings. The van der Waals surface area contributed by atoms with E-state index in [4.69, 9.17) is 0 Å². The van der Waals surface area contributed by atoms with Gasteiger partial charge in [0.1, 0.15) is 11.5 Å². The Hall–Kier alpha value is -2.06. The minimum atomic E-state index is -3.41. The minimum absolute atomic E-state index is 0.213. The van der Waals surface area contributed by atoms with Crippen molar-refractivity contribution in [3.05, 3.63) is 64.1 Å². The molecule has 1 aliphatic heterocycles. The van der Waals surface area contributed by atoms with Gasteiger partial charge in [0, 0.05) is 24.5 Å². The summed E-state index contributed by atoms with van der Waals surface area (Å²) < 4.78 is 38.9. The van der Waals surface area contributed by atoms with E-state index in [9.17, 15) is 17.6 Å². The van der Waals surface area contributed by atoms with Crippen LogP contribution >= 0.6 is 0 Å². The summed E-state index contributed by atoms with van der Waals surface area (Å²) in [6.07, 6.45) is 3.96. The molecule has 0 radical (unpaired) electrons. The average Bonchev–Trinajstić information content (AvgIpc) is 2.59. The van der Waals surface area contributed by atoms with Crippen molar-refractivity contribution in [1.29, 1.82) is 0 Å². The lowest BCUT2D eigenvalue weighted by atomic mass is 10.1. The van der Waals surface area contributed by atoms with Crippen LogP contribution < -0.4 is 5.56 Å². The molecule has 1 saturated heterocycles. The Bertz CT molecular complexity index is 890. The molecule has 0 saturated carbocycles. The summed E-state index contributed by atoms with van der Waals surface area (Å²) in [4.78, 5) is 20.3. The molecule has 1 aromatic carbocycles. The number of rotatable bonds is 5. The number of likely N-dealkylation sites (tertiary alicyclic amines) is 1. The normalized spacial score (nSPS) is 16.8. The van der Waals surface area contributed by atoms with Crippen LogP contribution in [0.1, 0.15) is 24.1 Å². The number of aromatic nitrogens is 2. The molecule has 25 heavy (non-hydrogen) atoms. The molecular weight excluding hydrogens is 345 g/mol. The summed E-state index contributed by atoms with van der Waals surface area (Å²) in [6, 6.07) is 5.97. The fourth-order valence-corrected chi connectivity index (χ4v) is 4.92. The van der Waals surface area contributed by atoms with Gasteiger partial charge in [-0.2, -0.15) is 0 Å². The molecule has 0 aliphatic carbocycles. The molecule has 3 rings (SSSR count). The van der Waals surface area contributed by atoms with E-state index >= 15 is 0 Å². The third kappa shape index (κ3) is 4.32. The number of piperidine rings is 1. The van der Waals surface area contributed by atoms with Gasteiger partial charge < -0.3 is 4.98 Å². The summed E-state index contributed by atoms with van der Waals surface area (Å²) in [6.45, 7) is 1.53. The number of aromatic amines is 1. The molecule has 8 heteroatoms. The van der Waals surface area contributed by atoms with Crippen molar-refractivity contribution in [2.45, 2.75) is 30.4 Å².